The lowest BCUT2D eigenvalue weighted by Crippen LogP contribution is -1.95. The molecule has 0 spiro atoms. The van der Waals surface area contributed by atoms with E-state index in [9.17, 15) is 8.78 Å². The number of nitrogens with zero attached hydrogens (tertiary/aromatic N) is 1. The van der Waals surface area contributed by atoms with Crippen LogP contribution >= 0.6 is 27.5 Å². The van der Waals surface area contributed by atoms with E-state index in [1.165, 1.54) is 18.3 Å². The van der Waals surface area contributed by atoms with E-state index in [0.29, 0.717) is 15.6 Å². The molecular formula is C11H6BrClF2N2. The van der Waals surface area contributed by atoms with Crippen LogP contribution in [0.4, 0.5) is 14.5 Å². The Morgan fingerprint density at radius 3 is 2.35 bits per heavy atom. The third kappa shape index (κ3) is 2.40. The highest BCUT2D eigenvalue weighted by Gasteiger charge is 2.12. The fourth-order valence-corrected chi connectivity index (χ4v) is 1.88. The van der Waals surface area contributed by atoms with Gasteiger partial charge in [-0.3, -0.25) is 0 Å². The molecule has 88 valence electrons. The van der Waals surface area contributed by atoms with Crippen LogP contribution in [0.25, 0.3) is 11.1 Å². The number of pyridine rings is 1. The molecule has 0 fully saturated rings. The molecule has 0 aliphatic heterocycles. The Hall–Kier alpha value is -1.20. The van der Waals surface area contributed by atoms with Crippen LogP contribution in [0.5, 0.6) is 0 Å². The van der Waals surface area contributed by atoms with E-state index >= 15 is 0 Å². The Kier molecular flexibility index (Phi) is 3.31. The summed E-state index contributed by atoms with van der Waals surface area (Å²) < 4.78 is 26.6. The van der Waals surface area contributed by atoms with Crippen LogP contribution in [0.2, 0.25) is 5.15 Å². The van der Waals surface area contributed by atoms with E-state index in [1.807, 2.05) is 0 Å². The number of anilines is 1. The van der Waals surface area contributed by atoms with Gasteiger partial charge in [0.25, 0.3) is 0 Å². The van der Waals surface area contributed by atoms with Crippen molar-refractivity contribution in [2.24, 2.45) is 0 Å². The van der Waals surface area contributed by atoms with Gasteiger partial charge in [0.15, 0.2) is 0 Å². The lowest BCUT2D eigenvalue weighted by Gasteiger charge is -2.08. The van der Waals surface area contributed by atoms with E-state index in [0.717, 1.165) is 6.07 Å². The highest BCUT2D eigenvalue weighted by Crippen LogP contribution is 2.35. The predicted molar refractivity (Wildman–Crippen MR) is 66.7 cm³/mol. The Morgan fingerprint density at radius 2 is 1.76 bits per heavy atom. The molecular weight excluding hydrogens is 313 g/mol. The van der Waals surface area contributed by atoms with Gasteiger partial charge in [-0.2, -0.15) is 0 Å². The normalized spacial score (nSPS) is 10.6. The predicted octanol–water partition coefficient (Wildman–Crippen LogP) is 4.02. The zero-order valence-corrected chi connectivity index (χ0v) is 10.7. The van der Waals surface area contributed by atoms with Crippen molar-refractivity contribution in [3.8, 4) is 11.1 Å². The minimum Gasteiger partial charge on any atom is -0.397 e. The van der Waals surface area contributed by atoms with Gasteiger partial charge < -0.3 is 5.73 Å². The van der Waals surface area contributed by atoms with Crippen molar-refractivity contribution < 1.29 is 8.78 Å². The van der Waals surface area contributed by atoms with Crippen molar-refractivity contribution in [2.75, 3.05) is 5.73 Å². The summed E-state index contributed by atoms with van der Waals surface area (Å²) in [7, 11) is 0. The smallest absolute Gasteiger partial charge is 0.145 e. The molecule has 2 N–H and O–H groups in total. The van der Waals surface area contributed by atoms with Crippen molar-refractivity contribution in [3.05, 3.63) is 45.7 Å². The van der Waals surface area contributed by atoms with Gasteiger partial charge in [0.2, 0.25) is 0 Å². The zero-order chi connectivity index (χ0) is 12.6. The molecule has 0 atom stereocenters. The van der Waals surface area contributed by atoms with Crippen molar-refractivity contribution in [3.63, 3.8) is 0 Å². The lowest BCUT2D eigenvalue weighted by molar-refractivity contribution is 0.584. The Bertz CT molecular complexity index is 570. The number of rotatable bonds is 1. The molecule has 0 aliphatic carbocycles. The first-order valence-corrected chi connectivity index (χ1v) is 5.72. The maximum Gasteiger partial charge on any atom is 0.145 e. The third-order valence-electron chi connectivity index (χ3n) is 2.19. The quantitative estimate of drug-likeness (QED) is 0.806. The molecule has 0 radical (unpaired) electrons. The van der Waals surface area contributed by atoms with Gasteiger partial charge in [-0.05, 0) is 33.6 Å². The second-order valence-corrected chi connectivity index (χ2v) is 4.50. The van der Waals surface area contributed by atoms with Crippen molar-refractivity contribution in [2.45, 2.75) is 0 Å². The molecule has 2 nitrogen and oxygen atoms in total. The van der Waals surface area contributed by atoms with Crippen molar-refractivity contribution in [1.82, 2.24) is 4.98 Å². The first kappa shape index (κ1) is 12.3. The Morgan fingerprint density at radius 1 is 1.18 bits per heavy atom. The van der Waals surface area contributed by atoms with Crippen molar-refractivity contribution >= 4 is 33.2 Å². The molecule has 0 aliphatic rings. The van der Waals surface area contributed by atoms with E-state index in [1.54, 1.807) is 0 Å². The average molecular weight is 320 g/mol. The van der Waals surface area contributed by atoms with Gasteiger partial charge in [-0.1, -0.05) is 11.6 Å². The number of hydrogen-bond acceptors (Lipinski definition) is 2. The summed E-state index contributed by atoms with van der Waals surface area (Å²) in [4.78, 5) is 3.87. The molecule has 2 aromatic rings. The molecule has 2 rings (SSSR count). The van der Waals surface area contributed by atoms with Gasteiger partial charge in [0, 0.05) is 17.8 Å². The molecule has 0 saturated heterocycles. The monoisotopic (exact) mass is 318 g/mol. The number of aromatic nitrogens is 1. The fraction of sp³-hybridized carbons (Fsp3) is 0. The molecule has 1 heterocycles. The lowest BCUT2D eigenvalue weighted by atomic mass is 10.1. The fourth-order valence-electron chi connectivity index (χ4n) is 1.42. The summed E-state index contributed by atoms with van der Waals surface area (Å²) in [6.07, 6.45) is 1.37. The number of nitrogens with two attached hydrogens (primary N) is 1. The van der Waals surface area contributed by atoms with Crippen LogP contribution in [0.15, 0.2) is 28.9 Å². The first-order chi connectivity index (χ1) is 7.99. The van der Waals surface area contributed by atoms with E-state index in [2.05, 4.69) is 20.9 Å². The van der Waals surface area contributed by atoms with Gasteiger partial charge in [-0.15, -0.1) is 0 Å². The second kappa shape index (κ2) is 4.58. The van der Waals surface area contributed by atoms with Crippen molar-refractivity contribution in [1.29, 1.82) is 0 Å². The maximum atomic E-state index is 13.1. The van der Waals surface area contributed by atoms with E-state index in [-0.39, 0.29) is 10.8 Å². The Labute approximate surface area is 110 Å². The Balaban J connectivity index is 2.64. The summed E-state index contributed by atoms with van der Waals surface area (Å²) in [5.41, 5.74) is 6.81. The largest absolute Gasteiger partial charge is 0.397 e. The van der Waals surface area contributed by atoms with Gasteiger partial charge in [-0.25, -0.2) is 13.8 Å². The zero-order valence-electron chi connectivity index (χ0n) is 8.35. The standard InChI is InChI=1S/C11H6BrClF2N2/c12-9-10(16)8(4-17-11(9)13)5-1-6(14)3-7(15)2-5/h1-4H,(H2,16,17). The molecule has 1 aromatic carbocycles. The van der Waals surface area contributed by atoms with E-state index < -0.39 is 11.6 Å². The molecule has 17 heavy (non-hydrogen) atoms. The van der Waals surface area contributed by atoms with E-state index in [4.69, 9.17) is 17.3 Å². The molecule has 0 saturated carbocycles. The van der Waals surface area contributed by atoms with Gasteiger partial charge >= 0.3 is 0 Å². The third-order valence-corrected chi connectivity index (χ3v) is 3.51. The van der Waals surface area contributed by atoms with Crippen LogP contribution in [0.1, 0.15) is 0 Å². The minimum absolute atomic E-state index is 0.197. The van der Waals surface area contributed by atoms with Gasteiger partial charge in [0.1, 0.15) is 16.8 Å². The summed E-state index contributed by atoms with van der Waals surface area (Å²) >= 11 is 8.91. The minimum atomic E-state index is -0.675. The van der Waals surface area contributed by atoms with Crippen LogP contribution in [0, 0.1) is 11.6 Å². The number of benzene rings is 1. The summed E-state index contributed by atoms with van der Waals surface area (Å²) in [6, 6.07) is 3.14. The van der Waals surface area contributed by atoms with Gasteiger partial charge in [0.05, 0.1) is 10.2 Å². The maximum absolute atomic E-state index is 13.1. The highest BCUT2D eigenvalue weighted by molar-refractivity contribution is 9.10. The molecule has 0 amide bonds. The number of hydrogen-bond donors (Lipinski definition) is 1. The summed E-state index contributed by atoms with van der Waals surface area (Å²) in [5, 5.41) is 0.197. The van der Waals surface area contributed by atoms with Crippen LogP contribution in [0.3, 0.4) is 0 Å². The average Bonchev–Trinajstić information content (AvgIpc) is 2.24. The summed E-state index contributed by atoms with van der Waals surface area (Å²) in [6.45, 7) is 0. The van der Waals surface area contributed by atoms with Crippen LogP contribution in [-0.2, 0) is 0 Å². The number of nitrogen functional groups attached to an aromatic ring is 1. The topological polar surface area (TPSA) is 38.9 Å². The second-order valence-electron chi connectivity index (χ2n) is 3.35. The molecule has 0 unspecified atom stereocenters. The summed E-state index contributed by atoms with van der Waals surface area (Å²) in [5.74, 6) is -1.35. The molecule has 1 aromatic heterocycles. The van der Waals surface area contributed by atoms with Crippen LogP contribution in [-0.4, -0.2) is 4.98 Å². The molecule has 6 heteroatoms. The van der Waals surface area contributed by atoms with Crippen LogP contribution < -0.4 is 5.73 Å². The number of halogens is 4. The molecule has 0 bridgehead atoms. The highest BCUT2D eigenvalue weighted by atomic mass is 79.9. The first-order valence-electron chi connectivity index (χ1n) is 4.55. The SMILES string of the molecule is Nc1c(-c2cc(F)cc(F)c2)cnc(Cl)c1Br.